The monoisotopic (exact) mass is 280 g/mol. The zero-order chi connectivity index (χ0) is 11.6. The van der Waals surface area contributed by atoms with Crippen molar-refractivity contribution in [3.8, 4) is 0 Å². The number of nitrogen functional groups attached to an aromatic ring is 1. The Morgan fingerprint density at radius 2 is 2.27 bits per heavy atom. The minimum absolute atomic E-state index is 0.142. The Hall–Kier alpha value is -1.24. The van der Waals surface area contributed by atoms with Gasteiger partial charge in [0.2, 0.25) is 0 Å². The van der Waals surface area contributed by atoms with Gasteiger partial charge in [0.05, 0.1) is 7.11 Å². The molecule has 0 aromatic carbocycles. The number of halogens is 3. The van der Waals surface area contributed by atoms with Crippen molar-refractivity contribution in [2.75, 3.05) is 12.8 Å². The van der Waals surface area contributed by atoms with Crippen molar-refractivity contribution in [2.45, 2.75) is 6.43 Å². The Kier molecular flexibility index (Phi) is 3.57. The lowest BCUT2D eigenvalue weighted by Crippen LogP contribution is -2.11. The number of anilines is 1. The molecule has 0 aliphatic rings. The van der Waals surface area contributed by atoms with Gasteiger partial charge < -0.3 is 10.5 Å². The number of pyridine rings is 1. The number of methoxy groups -OCH3 is 1. The highest BCUT2D eigenvalue weighted by Crippen LogP contribution is 2.29. The molecule has 2 N–H and O–H groups in total. The summed E-state index contributed by atoms with van der Waals surface area (Å²) < 4.78 is 29.6. The molecule has 0 saturated carbocycles. The third kappa shape index (κ3) is 2.41. The van der Waals surface area contributed by atoms with E-state index in [9.17, 15) is 13.6 Å². The maximum absolute atomic E-state index is 12.6. The molecule has 1 heterocycles. The fraction of sp³-hybridized carbons (Fsp3) is 0.250. The number of hydrogen-bond acceptors (Lipinski definition) is 4. The average Bonchev–Trinajstić information content (AvgIpc) is 2.15. The van der Waals surface area contributed by atoms with Gasteiger partial charge in [-0.3, -0.25) is 0 Å². The van der Waals surface area contributed by atoms with Crippen LogP contribution < -0.4 is 5.73 Å². The van der Waals surface area contributed by atoms with Gasteiger partial charge in [0.25, 0.3) is 6.43 Å². The summed E-state index contributed by atoms with van der Waals surface area (Å²) >= 11 is 2.91. The first kappa shape index (κ1) is 11.8. The molecule has 0 fully saturated rings. The molecule has 1 rings (SSSR count). The van der Waals surface area contributed by atoms with Crippen LogP contribution in [0.3, 0.4) is 0 Å². The average molecular weight is 281 g/mol. The molecule has 4 nitrogen and oxygen atoms in total. The number of esters is 1. The van der Waals surface area contributed by atoms with Gasteiger partial charge in [-0.15, -0.1) is 0 Å². The van der Waals surface area contributed by atoms with E-state index in [-0.39, 0.29) is 10.4 Å². The van der Waals surface area contributed by atoms with Crippen molar-refractivity contribution in [1.82, 2.24) is 4.98 Å². The van der Waals surface area contributed by atoms with Crippen LogP contribution in [0.1, 0.15) is 22.3 Å². The van der Waals surface area contributed by atoms with Crippen LogP contribution >= 0.6 is 15.9 Å². The zero-order valence-corrected chi connectivity index (χ0v) is 9.22. The molecule has 0 unspecified atom stereocenters. The summed E-state index contributed by atoms with van der Waals surface area (Å²) in [5, 5.41) is 0. The molecule has 0 bridgehead atoms. The van der Waals surface area contributed by atoms with Crippen molar-refractivity contribution in [3.05, 3.63) is 21.8 Å². The number of rotatable bonds is 2. The van der Waals surface area contributed by atoms with E-state index in [1.165, 1.54) is 0 Å². The van der Waals surface area contributed by atoms with Gasteiger partial charge in [0, 0.05) is 5.56 Å². The van der Waals surface area contributed by atoms with E-state index >= 15 is 0 Å². The normalized spacial score (nSPS) is 10.5. The van der Waals surface area contributed by atoms with E-state index in [0.29, 0.717) is 0 Å². The Labute approximate surface area is 92.6 Å². The van der Waals surface area contributed by atoms with Gasteiger partial charge in [-0.1, -0.05) is 0 Å². The topological polar surface area (TPSA) is 65.2 Å². The van der Waals surface area contributed by atoms with Crippen LogP contribution in [0.2, 0.25) is 0 Å². The van der Waals surface area contributed by atoms with Crippen LogP contribution in [0.15, 0.2) is 10.7 Å². The largest absolute Gasteiger partial charge is 0.465 e. The third-order valence-electron chi connectivity index (χ3n) is 1.67. The molecular weight excluding hydrogens is 274 g/mol. The van der Waals surface area contributed by atoms with Gasteiger partial charge in [-0.05, 0) is 22.0 Å². The predicted octanol–water partition coefficient (Wildman–Crippen LogP) is 2.15. The lowest BCUT2D eigenvalue weighted by molar-refractivity contribution is 0.0590. The van der Waals surface area contributed by atoms with E-state index in [1.54, 1.807) is 0 Å². The minimum atomic E-state index is -2.82. The SMILES string of the molecule is COC(=O)c1c(C(F)F)cc(Br)nc1N. The molecule has 0 radical (unpaired) electrons. The van der Waals surface area contributed by atoms with Crippen molar-refractivity contribution >= 4 is 27.7 Å². The molecule has 1 aromatic rings. The fourth-order valence-corrected chi connectivity index (χ4v) is 1.49. The molecule has 0 amide bonds. The summed E-state index contributed by atoms with van der Waals surface area (Å²) in [6.07, 6.45) is -2.82. The number of nitrogens with zero attached hydrogens (tertiary/aromatic N) is 1. The summed E-state index contributed by atoms with van der Waals surface area (Å²) in [6.45, 7) is 0. The Morgan fingerprint density at radius 1 is 1.67 bits per heavy atom. The second-order valence-corrected chi connectivity index (χ2v) is 3.40. The first-order valence-electron chi connectivity index (χ1n) is 3.79. The van der Waals surface area contributed by atoms with Gasteiger partial charge in [0.1, 0.15) is 16.0 Å². The van der Waals surface area contributed by atoms with Crippen LogP contribution in [0.4, 0.5) is 14.6 Å². The molecule has 0 aliphatic heterocycles. The number of carbonyl (C=O) groups excluding carboxylic acids is 1. The summed E-state index contributed by atoms with van der Waals surface area (Å²) in [6, 6.07) is 1.03. The number of carbonyl (C=O) groups is 1. The molecule has 0 spiro atoms. The van der Waals surface area contributed by atoms with Gasteiger partial charge >= 0.3 is 5.97 Å². The predicted molar refractivity (Wildman–Crippen MR) is 52.6 cm³/mol. The summed E-state index contributed by atoms with van der Waals surface area (Å²) in [5.74, 6) is -1.21. The molecule has 1 aromatic heterocycles. The summed E-state index contributed by atoms with van der Waals surface area (Å²) in [5.41, 5.74) is 4.47. The fourth-order valence-electron chi connectivity index (χ4n) is 1.05. The van der Waals surface area contributed by atoms with E-state index in [1.807, 2.05) is 0 Å². The molecule has 0 atom stereocenters. The number of nitrogens with two attached hydrogens (primary N) is 1. The molecule has 82 valence electrons. The molecule has 0 aliphatic carbocycles. The number of hydrogen-bond donors (Lipinski definition) is 1. The van der Waals surface area contributed by atoms with E-state index in [2.05, 4.69) is 25.7 Å². The summed E-state index contributed by atoms with van der Waals surface area (Å²) in [7, 11) is 1.08. The highest BCUT2D eigenvalue weighted by molar-refractivity contribution is 9.10. The van der Waals surface area contributed by atoms with Crippen molar-refractivity contribution in [3.63, 3.8) is 0 Å². The maximum Gasteiger partial charge on any atom is 0.342 e. The van der Waals surface area contributed by atoms with Gasteiger partial charge in [-0.2, -0.15) is 0 Å². The van der Waals surface area contributed by atoms with Gasteiger partial charge in [0.15, 0.2) is 0 Å². The first-order chi connectivity index (χ1) is 6.97. The lowest BCUT2D eigenvalue weighted by atomic mass is 10.1. The van der Waals surface area contributed by atoms with Crippen LogP contribution in [0.25, 0.3) is 0 Å². The number of aromatic nitrogens is 1. The van der Waals surface area contributed by atoms with E-state index in [4.69, 9.17) is 5.73 Å². The molecule has 15 heavy (non-hydrogen) atoms. The first-order valence-corrected chi connectivity index (χ1v) is 4.59. The molecule has 0 saturated heterocycles. The highest BCUT2D eigenvalue weighted by Gasteiger charge is 2.23. The van der Waals surface area contributed by atoms with Crippen LogP contribution in [-0.4, -0.2) is 18.1 Å². The van der Waals surface area contributed by atoms with Crippen molar-refractivity contribution in [2.24, 2.45) is 0 Å². The highest BCUT2D eigenvalue weighted by atomic mass is 79.9. The van der Waals surface area contributed by atoms with Crippen molar-refractivity contribution < 1.29 is 18.3 Å². The summed E-state index contributed by atoms with van der Waals surface area (Å²) in [4.78, 5) is 14.8. The van der Waals surface area contributed by atoms with Gasteiger partial charge in [-0.25, -0.2) is 18.6 Å². The Bertz CT molecular complexity index is 398. The number of ether oxygens (including phenoxy) is 1. The second-order valence-electron chi connectivity index (χ2n) is 2.59. The smallest absolute Gasteiger partial charge is 0.342 e. The second kappa shape index (κ2) is 4.52. The molecular formula is C8H7BrF2N2O2. The Balaban J connectivity index is 3.40. The molecule has 7 heteroatoms. The van der Waals surface area contributed by atoms with E-state index in [0.717, 1.165) is 13.2 Å². The van der Waals surface area contributed by atoms with Crippen LogP contribution in [0, 0.1) is 0 Å². The quantitative estimate of drug-likeness (QED) is 0.666. The lowest BCUT2D eigenvalue weighted by Gasteiger charge is -2.09. The minimum Gasteiger partial charge on any atom is -0.465 e. The Morgan fingerprint density at radius 3 is 2.73 bits per heavy atom. The zero-order valence-electron chi connectivity index (χ0n) is 7.63. The van der Waals surface area contributed by atoms with Crippen LogP contribution in [0.5, 0.6) is 0 Å². The number of alkyl halides is 2. The third-order valence-corrected chi connectivity index (χ3v) is 2.08. The van der Waals surface area contributed by atoms with Crippen molar-refractivity contribution in [1.29, 1.82) is 0 Å². The standard InChI is InChI=1S/C8H7BrF2N2O2/c1-15-8(14)5-3(6(10)11)2-4(9)13-7(5)12/h2,6H,1H3,(H2,12,13). The van der Waals surface area contributed by atoms with Crippen LogP contribution in [-0.2, 0) is 4.74 Å². The van der Waals surface area contributed by atoms with E-state index < -0.39 is 23.5 Å². The maximum atomic E-state index is 12.6.